The van der Waals surface area contributed by atoms with Crippen LogP contribution in [0, 0.1) is 6.92 Å². The summed E-state index contributed by atoms with van der Waals surface area (Å²) in [4.78, 5) is 26.5. The Morgan fingerprint density at radius 2 is 2.17 bits per heavy atom. The second-order valence-corrected chi connectivity index (χ2v) is 4.06. The molecular weight excluding hydrogens is 230 g/mol. The predicted molar refractivity (Wildman–Crippen MR) is 67.3 cm³/mol. The maximum atomic E-state index is 11.5. The molecule has 0 spiro atoms. The van der Waals surface area contributed by atoms with Gasteiger partial charge in [-0.25, -0.2) is 4.98 Å². The molecule has 0 unspecified atom stereocenters. The monoisotopic (exact) mass is 243 g/mol. The zero-order valence-electron chi connectivity index (χ0n) is 9.96. The Balaban J connectivity index is 2.31. The summed E-state index contributed by atoms with van der Waals surface area (Å²) in [6.07, 6.45) is 2.94. The highest BCUT2D eigenvalue weighted by Gasteiger charge is 2.05. The molecule has 1 amide bonds. The van der Waals surface area contributed by atoms with Gasteiger partial charge in [0.1, 0.15) is 0 Å². The van der Waals surface area contributed by atoms with Crippen molar-refractivity contribution in [1.82, 2.24) is 9.55 Å². The molecule has 0 aliphatic heterocycles. The lowest BCUT2D eigenvalue weighted by Gasteiger charge is -2.07. The third-order valence-corrected chi connectivity index (χ3v) is 2.70. The van der Waals surface area contributed by atoms with Crippen LogP contribution >= 0.6 is 0 Å². The first-order chi connectivity index (χ1) is 8.58. The predicted octanol–water partition coefficient (Wildman–Crippen LogP) is 0.699. The number of nitrogens with two attached hydrogens (primary N) is 1. The lowest BCUT2D eigenvalue weighted by Crippen LogP contribution is -2.19. The molecule has 2 N–H and O–H groups in total. The van der Waals surface area contributed by atoms with Crippen LogP contribution in [-0.4, -0.2) is 15.5 Å². The molecule has 1 heterocycles. The standard InChI is InChI=1S/C13H13N3O2/c1-9-6-10(2-3-11(9)13(14)18)7-16-8-15-5-4-12(16)17/h2-6,8H,7H2,1H3,(H2,14,18). The number of carbonyl (C=O) groups excluding carboxylic acids is 1. The van der Waals surface area contributed by atoms with Crippen molar-refractivity contribution in [1.29, 1.82) is 0 Å². The van der Waals surface area contributed by atoms with Gasteiger partial charge in [0.2, 0.25) is 5.91 Å². The first kappa shape index (κ1) is 12.0. The Labute approximate surface area is 104 Å². The fraction of sp³-hybridized carbons (Fsp3) is 0.154. The molecule has 5 nitrogen and oxygen atoms in total. The summed E-state index contributed by atoms with van der Waals surface area (Å²) in [6, 6.07) is 6.71. The van der Waals surface area contributed by atoms with Crippen molar-refractivity contribution in [2.45, 2.75) is 13.5 Å². The van der Waals surface area contributed by atoms with Crippen molar-refractivity contribution in [2.24, 2.45) is 5.73 Å². The third kappa shape index (κ3) is 2.45. The molecule has 0 atom stereocenters. The van der Waals surface area contributed by atoms with Crippen LogP contribution in [0.2, 0.25) is 0 Å². The van der Waals surface area contributed by atoms with Crippen LogP contribution in [-0.2, 0) is 6.54 Å². The number of amides is 1. The van der Waals surface area contributed by atoms with Gasteiger partial charge in [-0.15, -0.1) is 0 Å². The Kier molecular flexibility index (Phi) is 3.23. The molecule has 0 aliphatic carbocycles. The average molecular weight is 243 g/mol. The van der Waals surface area contributed by atoms with Gasteiger partial charge in [0, 0.05) is 17.8 Å². The third-order valence-electron chi connectivity index (χ3n) is 2.70. The Morgan fingerprint density at radius 1 is 1.39 bits per heavy atom. The number of aryl methyl sites for hydroxylation is 1. The molecule has 5 heteroatoms. The lowest BCUT2D eigenvalue weighted by atomic mass is 10.0. The topological polar surface area (TPSA) is 78.0 Å². The molecule has 1 aromatic heterocycles. The number of benzene rings is 1. The summed E-state index contributed by atoms with van der Waals surface area (Å²) in [5, 5.41) is 0. The first-order valence-electron chi connectivity index (χ1n) is 5.47. The van der Waals surface area contributed by atoms with E-state index in [2.05, 4.69) is 4.98 Å². The van der Waals surface area contributed by atoms with Crippen molar-refractivity contribution in [3.05, 3.63) is 63.8 Å². The molecule has 0 fully saturated rings. The molecule has 18 heavy (non-hydrogen) atoms. The second-order valence-electron chi connectivity index (χ2n) is 4.06. The van der Waals surface area contributed by atoms with Gasteiger partial charge < -0.3 is 5.73 Å². The summed E-state index contributed by atoms with van der Waals surface area (Å²) in [6.45, 7) is 2.24. The summed E-state index contributed by atoms with van der Waals surface area (Å²) in [5.41, 5.74) is 7.35. The quantitative estimate of drug-likeness (QED) is 0.861. The van der Waals surface area contributed by atoms with Crippen LogP contribution in [0.3, 0.4) is 0 Å². The number of rotatable bonds is 3. The minimum Gasteiger partial charge on any atom is -0.366 e. The molecule has 2 aromatic rings. The molecule has 0 saturated heterocycles. The zero-order chi connectivity index (χ0) is 13.1. The van der Waals surface area contributed by atoms with E-state index in [0.29, 0.717) is 12.1 Å². The Bertz CT molecular complexity index is 647. The highest BCUT2D eigenvalue weighted by molar-refractivity contribution is 5.94. The molecule has 92 valence electrons. The molecule has 0 bridgehead atoms. The fourth-order valence-electron chi connectivity index (χ4n) is 1.79. The number of carbonyl (C=O) groups is 1. The SMILES string of the molecule is Cc1cc(Cn2cnccc2=O)ccc1C(N)=O. The van der Waals surface area contributed by atoms with E-state index in [0.717, 1.165) is 11.1 Å². The first-order valence-corrected chi connectivity index (χ1v) is 5.47. The van der Waals surface area contributed by atoms with Crippen molar-refractivity contribution in [3.8, 4) is 0 Å². The van der Waals surface area contributed by atoms with Gasteiger partial charge in [-0.2, -0.15) is 0 Å². The van der Waals surface area contributed by atoms with Crippen molar-refractivity contribution in [3.63, 3.8) is 0 Å². The molecule has 2 rings (SSSR count). The van der Waals surface area contributed by atoms with Crippen LogP contribution < -0.4 is 11.3 Å². The minimum atomic E-state index is -0.447. The number of nitrogens with zero attached hydrogens (tertiary/aromatic N) is 2. The van der Waals surface area contributed by atoms with Crippen LogP contribution in [0.25, 0.3) is 0 Å². The average Bonchev–Trinajstić information content (AvgIpc) is 2.32. The fourth-order valence-corrected chi connectivity index (χ4v) is 1.79. The van der Waals surface area contributed by atoms with Gasteiger partial charge in [0.05, 0.1) is 12.9 Å². The van der Waals surface area contributed by atoms with Crippen LogP contribution in [0.5, 0.6) is 0 Å². The van der Waals surface area contributed by atoms with Crippen LogP contribution in [0.1, 0.15) is 21.5 Å². The number of hydrogen-bond donors (Lipinski definition) is 1. The number of aromatic nitrogens is 2. The normalized spacial score (nSPS) is 10.3. The van der Waals surface area contributed by atoms with E-state index < -0.39 is 5.91 Å². The largest absolute Gasteiger partial charge is 0.366 e. The molecule has 1 aromatic carbocycles. The van der Waals surface area contributed by atoms with E-state index in [-0.39, 0.29) is 5.56 Å². The van der Waals surface area contributed by atoms with Crippen molar-refractivity contribution < 1.29 is 4.79 Å². The zero-order valence-corrected chi connectivity index (χ0v) is 9.96. The Morgan fingerprint density at radius 3 is 2.78 bits per heavy atom. The van der Waals surface area contributed by atoms with Gasteiger partial charge >= 0.3 is 0 Å². The molecular formula is C13H13N3O2. The van der Waals surface area contributed by atoms with Gasteiger partial charge in [-0.3, -0.25) is 14.2 Å². The maximum absolute atomic E-state index is 11.5. The number of primary amides is 1. The molecule has 0 saturated carbocycles. The van der Waals surface area contributed by atoms with Crippen molar-refractivity contribution in [2.75, 3.05) is 0 Å². The van der Waals surface area contributed by atoms with E-state index >= 15 is 0 Å². The van der Waals surface area contributed by atoms with E-state index in [1.54, 1.807) is 12.1 Å². The molecule has 0 aliphatic rings. The van der Waals surface area contributed by atoms with Gasteiger partial charge in [-0.1, -0.05) is 12.1 Å². The van der Waals surface area contributed by atoms with Gasteiger partial charge in [0.25, 0.3) is 5.56 Å². The van der Waals surface area contributed by atoms with Crippen LogP contribution in [0.4, 0.5) is 0 Å². The summed E-state index contributed by atoms with van der Waals surface area (Å²) >= 11 is 0. The Hall–Kier alpha value is -2.43. The summed E-state index contributed by atoms with van der Waals surface area (Å²) in [5.74, 6) is -0.447. The maximum Gasteiger partial charge on any atom is 0.253 e. The summed E-state index contributed by atoms with van der Waals surface area (Å²) in [7, 11) is 0. The van der Waals surface area contributed by atoms with E-state index in [1.807, 2.05) is 13.0 Å². The number of hydrogen-bond acceptors (Lipinski definition) is 3. The van der Waals surface area contributed by atoms with Crippen LogP contribution in [0.15, 0.2) is 41.6 Å². The van der Waals surface area contributed by atoms with Gasteiger partial charge in [-0.05, 0) is 24.1 Å². The smallest absolute Gasteiger partial charge is 0.253 e. The highest BCUT2D eigenvalue weighted by Crippen LogP contribution is 2.11. The minimum absolute atomic E-state index is 0.110. The summed E-state index contributed by atoms with van der Waals surface area (Å²) < 4.78 is 1.50. The highest BCUT2D eigenvalue weighted by atomic mass is 16.1. The molecule has 0 radical (unpaired) electrons. The van der Waals surface area contributed by atoms with E-state index in [9.17, 15) is 9.59 Å². The second kappa shape index (κ2) is 4.83. The van der Waals surface area contributed by atoms with E-state index in [1.165, 1.54) is 23.2 Å². The van der Waals surface area contributed by atoms with E-state index in [4.69, 9.17) is 5.73 Å². The van der Waals surface area contributed by atoms with Crippen molar-refractivity contribution >= 4 is 5.91 Å². The van der Waals surface area contributed by atoms with Gasteiger partial charge in [0.15, 0.2) is 0 Å². The lowest BCUT2D eigenvalue weighted by molar-refractivity contribution is 0.0999.